The van der Waals surface area contributed by atoms with Crippen LogP contribution in [0.4, 0.5) is 0 Å². The van der Waals surface area contributed by atoms with Gasteiger partial charge in [-0.05, 0) is 37.0 Å². The fourth-order valence-corrected chi connectivity index (χ4v) is 2.49. The van der Waals surface area contributed by atoms with Gasteiger partial charge >= 0.3 is 0 Å². The molecule has 0 saturated carbocycles. The van der Waals surface area contributed by atoms with Gasteiger partial charge in [0.15, 0.2) is 0 Å². The zero-order valence-electron chi connectivity index (χ0n) is 10.7. The molecule has 0 aromatic heterocycles. The standard InChI is InChI=1S/C14H20N2O/c1-9-4-5-11(8-10(9)2)14-12(15)6-7-13(17)16(14)3/h4-5,8,12,14H,6-7,15H2,1-3H3. The van der Waals surface area contributed by atoms with Crippen LogP contribution in [0.25, 0.3) is 0 Å². The number of piperidine rings is 1. The second-order valence-corrected chi connectivity index (χ2v) is 5.00. The average Bonchev–Trinajstić information content (AvgIpc) is 2.29. The summed E-state index contributed by atoms with van der Waals surface area (Å²) in [4.78, 5) is 13.5. The van der Waals surface area contributed by atoms with Gasteiger partial charge < -0.3 is 10.6 Å². The van der Waals surface area contributed by atoms with Crippen molar-refractivity contribution >= 4 is 5.91 Å². The van der Waals surface area contributed by atoms with Gasteiger partial charge in [-0.3, -0.25) is 4.79 Å². The van der Waals surface area contributed by atoms with Crippen molar-refractivity contribution in [1.29, 1.82) is 0 Å². The zero-order valence-corrected chi connectivity index (χ0v) is 10.7. The Labute approximate surface area is 103 Å². The Morgan fingerprint density at radius 3 is 2.65 bits per heavy atom. The van der Waals surface area contributed by atoms with E-state index in [-0.39, 0.29) is 18.0 Å². The van der Waals surface area contributed by atoms with Crippen molar-refractivity contribution < 1.29 is 4.79 Å². The molecule has 1 aromatic rings. The molecule has 3 nitrogen and oxygen atoms in total. The molecule has 1 amide bonds. The largest absolute Gasteiger partial charge is 0.337 e. The summed E-state index contributed by atoms with van der Waals surface area (Å²) in [7, 11) is 1.85. The van der Waals surface area contributed by atoms with E-state index in [0.717, 1.165) is 12.0 Å². The topological polar surface area (TPSA) is 46.3 Å². The van der Waals surface area contributed by atoms with Crippen molar-refractivity contribution in [3.63, 3.8) is 0 Å². The fraction of sp³-hybridized carbons (Fsp3) is 0.500. The number of aryl methyl sites for hydroxylation is 2. The minimum atomic E-state index is 0.0237. The highest BCUT2D eigenvalue weighted by Gasteiger charge is 2.32. The van der Waals surface area contributed by atoms with Gasteiger partial charge in [0.05, 0.1) is 6.04 Å². The minimum Gasteiger partial charge on any atom is -0.337 e. The number of carbonyl (C=O) groups excluding carboxylic acids is 1. The highest BCUT2D eigenvalue weighted by molar-refractivity contribution is 5.77. The smallest absolute Gasteiger partial charge is 0.222 e. The number of amides is 1. The minimum absolute atomic E-state index is 0.0237. The lowest BCUT2D eigenvalue weighted by atomic mass is 9.89. The van der Waals surface area contributed by atoms with Gasteiger partial charge in [-0.2, -0.15) is 0 Å². The summed E-state index contributed by atoms with van der Waals surface area (Å²) in [5.41, 5.74) is 9.83. The molecule has 0 aliphatic carbocycles. The molecule has 17 heavy (non-hydrogen) atoms. The fourth-order valence-electron chi connectivity index (χ4n) is 2.49. The van der Waals surface area contributed by atoms with Crippen LogP contribution in [0.2, 0.25) is 0 Å². The van der Waals surface area contributed by atoms with Crippen LogP contribution < -0.4 is 5.73 Å². The zero-order chi connectivity index (χ0) is 12.6. The Morgan fingerprint density at radius 1 is 1.29 bits per heavy atom. The van der Waals surface area contributed by atoms with E-state index in [4.69, 9.17) is 5.73 Å². The normalized spacial score (nSPS) is 25.2. The molecule has 0 bridgehead atoms. The van der Waals surface area contributed by atoms with E-state index in [0.29, 0.717) is 6.42 Å². The predicted octanol–water partition coefficient (Wildman–Crippen LogP) is 1.92. The average molecular weight is 232 g/mol. The molecule has 3 heteroatoms. The maximum Gasteiger partial charge on any atom is 0.222 e. The van der Waals surface area contributed by atoms with Crippen LogP contribution in [0, 0.1) is 13.8 Å². The van der Waals surface area contributed by atoms with E-state index >= 15 is 0 Å². The second-order valence-electron chi connectivity index (χ2n) is 5.00. The number of carbonyl (C=O) groups is 1. The first-order valence-electron chi connectivity index (χ1n) is 6.09. The number of nitrogens with zero attached hydrogens (tertiary/aromatic N) is 1. The summed E-state index contributed by atoms with van der Waals surface area (Å²) >= 11 is 0. The molecule has 1 aliphatic heterocycles. The molecule has 2 rings (SSSR count). The molecule has 1 heterocycles. The Bertz CT molecular complexity index is 442. The van der Waals surface area contributed by atoms with Crippen molar-refractivity contribution in [2.24, 2.45) is 5.73 Å². The summed E-state index contributed by atoms with van der Waals surface area (Å²) in [5.74, 6) is 0.190. The first kappa shape index (κ1) is 12.1. The molecular weight excluding hydrogens is 212 g/mol. The number of benzene rings is 1. The summed E-state index contributed by atoms with van der Waals surface area (Å²) in [6.07, 6.45) is 1.35. The van der Waals surface area contributed by atoms with Gasteiger partial charge in [0.2, 0.25) is 5.91 Å². The van der Waals surface area contributed by atoms with Gasteiger partial charge in [0, 0.05) is 19.5 Å². The van der Waals surface area contributed by atoms with E-state index in [9.17, 15) is 4.79 Å². The molecule has 92 valence electrons. The lowest BCUT2D eigenvalue weighted by Gasteiger charge is -2.37. The Morgan fingerprint density at radius 2 is 2.00 bits per heavy atom. The van der Waals surface area contributed by atoms with E-state index in [1.54, 1.807) is 4.90 Å². The molecule has 1 saturated heterocycles. The van der Waals surface area contributed by atoms with Gasteiger partial charge in [-0.15, -0.1) is 0 Å². The van der Waals surface area contributed by atoms with Crippen LogP contribution in [0.1, 0.15) is 35.6 Å². The quantitative estimate of drug-likeness (QED) is 0.804. The monoisotopic (exact) mass is 232 g/mol. The SMILES string of the molecule is Cc1ccc(C2C(N)CCC(=O)N2C)cc1C. The molecule has 2 N–H and O–H groups in total. The highest BCUT2D eigenvalue weighted by Crippen LogP contribution is 2.30. The van der Waals surface area contributed by atoms with Crippen LogP contribution in [0.15, 0.2) is 18.2 Å². The van der Waals surface area contributed by atoms with Gasteiger partial charge in [0.1, 0.15) is 0 Å². The number of nitrogens with two attached hydrogens (primary N) is 1. The second kappa shape index (κ2) is 4.49. The summed E-state index contributed by atoms with van der Waals surface area (Å²) < 4.78 is 0. The third-order valence-electron chi connectivity index (χ3n) is 3.78. The van der Waals surface area contributed by atoms with Crippen molar-refractivity contribution in [3.8, 4) is 0 Å². The van der Waals surface area contributed by atoms with Crippen LogP contribution in [0.5, 0.6) is 0 Å². The first-order valence-corrected chi connectivity index (χ1v) is 6.09. The van der Waals surface area contributed by atoms with E-state index in [2.05, 4.69) is 32.0 Å². The van der Waals surface area contributed by atoms with Gasteiger partial charge in [-0.25, -0.2) is 0 Å². The molecule has 0 spiro atoms. The van der Waals surface area contributed by atoms with Gasteiger partial charge in [-0.1, -0.05) is 18.2 Å². The summed E-state index contributed by atoms with van der Waals surface area (Å²) in [6.45, 7) is 4.18. The molecule has 1 fully saturated rings. The number of hydrogen-bond donors (Lipinski definition) is 1. The van der Waals surface area contributed by atoms with E-state index < -0.39 is 0 Å². The molecule has 2 unspecified atom stereocenters. The first-order chi connectivity index (χ1) is 8.00. The Kier molecular flexibility index (Phi) is 3.20. The Hall–Kier alpha value is -1.35. The molecule has 0 radical (unpaired) electrons. The molecule has 2 atom stereocenters. The number of hydrogen-bond acceptors (Lipinski definition) is 2. The third kappa shape index (κ3) is 2.20. The number of likely N-dealkylation sites (N-methyl/N-ethyl adjacent to an activating group) is 1. The predicted molar refractivity (Wildman–Crippen MR) is 68.6 cm³/mol. The Balaban J connectivity index is 2.36. The highest BCUT2D eigenvalue weighted by atomic mass is 16.2. The maximum atomic E-state index is 11.7. The lowest BCUT2D eigenvalue weighted by Crippen LogP contribution is -2.46. The van der Waals surface area contributed by atoms with Crippen molar-refractivity contribution in [2.75, 3.05) is 7.05 Å². The van der Waals surface area contributed by atoms with Gasteiger partial charge in [0.25, 0.3) is 0 Å². The van der Waals surface area contributed by atoms with Crippen molar-refractivity contribution in [1.82, 2.24) is 4.90 Å². The number of rotatable bonds is 1. The van der Waals surface area contributed by atoms with E-state index in [1.807, 2.05) is 7.05 Å². The lowest BCUT2D eigenvalue weighted by molar-refractivity contribution is -0.135. The van der Waals surface area contributed by atoms with Crippen LogP contribution >= 0.6 is 0 Å². The third-order valence-corrected chi connectivity index (χ3v) is 3.78. The number of likely N-dealkylation sites (tertiary alicyclic amines) is 1. The molecule has 1 aliphatic rings. The summed E-state index contributed by atoms with van der Waals surface area (Å²) in [6, 6.07) is 6.40. The van der Waals surface area contributed by atoms with Crippen LogP contribution in [-0.4, -0.2) is 23.9 Å². The van der Waals surface area contributed by atoms with Crippen LogP contribution in [-0.2, 0) is 4.79 Å². The molecular formula is C14H20N2O. The summed E-state index contributed by atoms with van der Waals surface area (Å²) in [5, 5.41) is 0. The molecule has 1 aromatic carbocycles. The van der Waals surface area contributed by atoms with E-state index in [1.165, 1.54) is 11.1 Å². The maximum absolute atomic E-state index is 11.7. The van der Waals surface area contributed by atoms with Crippen molar-refractivity contribution in [2.45, 2.75) is 38.8 Å². The van der Waals surface area contributed by atoms with Crippen LogP contribution in [0.3, 0.4) is 0 Å². The van der Waals surface area contributed by atoms with Crippen molar-refractivity contribution in [3.05, 3.63) is 34.9 Å².